The number of nitrogens with zero attached hydrogens (tertiary/aromatic N) is 4. The van der Waals surface area contributed by atoms with Crippen molar-refractivity contribution in [1.29, 1.82) is 0 Å². The molecule has 0 unspecified atom stereocenters. The molecule has 0 atom stereocenters. The number of amides is 1. The summed E-state index contributed by atoms with van der Waals surface area (Å²) in [5.74, 6) is 0.119. The van der Waals surface area contributed by atoms with Crippen molar-refractivity contribution in [2.24, 2.45) is 0 Å². The molecule has 2 heterocycles. The zero-order chi connectivity index (χ0) is 17.1. The first-order valence-corrected chi connectivity index (χ1v) is 8.16. The Labute approximate surface area is 141 Å². The molecule has 0 aliphatic heterocycles. The SMILES string of the molecule is CCCCn1cnc2c(-c3cccc(C)c3)nc(NC(C)=O)nc21. The Hall–Kier alpha value is -2.76. The first-order chi connectivity index (χ1) is 11.6. The standard InChI is InChI=1S/C18H21N5O/c1-4-5-9-23-11-19-16-15(14-8-6-7-12(2)10-14)21-18(20-13(3)24)22-17(16)23/h6-8,10-11H,4-5,9H2,1-3H3,(H,20,21,22,24). The van der Waals surface area contributed by atoms with E-state index in [9.17, 15) is 4.79 Å². The Morgan fingerprint density at radius 1 is 1.29 bits per heavy atom. The average Bonchev–Trinajstić information content (AvgIpc) is 2.94. The summed E-state index contributed by atoms with van der Waals surface area (Å²) in [7, 11) is 0. The monoisotopic (exact) mass is 323 g/mol. The van der Waals surface area contributed by atoms with Crippen LogP contribution in [0.1, 0.15) is 32.3 Å². The van der Waals surface area contributed by atoms with E-state index in [1.807, 2.05) is 29.7 Å². The van der Waals surface area contributed by atoms with Gasteiger partial charge in [0.25, 0.3) is 0 Å². The number of hydrogen-bond acceptors (Lipinski definition) is 4. The third-order valence-corrected chi connectivity index (χ3v) is 3.80. The number of aromatic nitrogens is 4. The van der Waals surface area contributed by atoms with Gasteiger partial charge >= 0.3 is 0 Å². The van der Waals surface area contributed by atoms with Gasteiger partial charge in [0, 0.05) is 19.0 Å². The molecule has 1 amide bonds. The van der Waals surface area contributed by atoms with Gasteiger partial charge in [0.05, 0.1) is 6.33 Å². The quantitative estimate of drug-likeness (QED) is 0.779. The molecule has 6 heteroatoms. The number of unbranched alkanes of at least 4 members (excludes halogenated alkanes) is 1. The number of nitrogens with one attached hydrogen (secondary N) is 1. The highest BCUT2D eigenvalue weighted by Gasteiger charge is 2.15. The zero-order valence-corrected chi connectivity index (χ0v) is 14.2. The highest BCUT2D eigenvalue weighted by atomic mass is 16.1. The number of benzene rings is 1. The molecule has 0 spiro atoms. The maximum absolute atomic E-state index is 11.4. The maximum Gasteiger partial charge on any atom is 0.232 e. The minimum Gasteiger partial charge on any atom is -0.315 e. The van der Waals surface area contributed by atoms with Crippen LogP contribution < -0.4 is 5.32 Å². The predicted octanol–water partition coefficient (Wildman–Crippen LogP) is 3.56. The lowest BCUT2D eigenvalue weighted by atomic mass is 10.1. The second kappa shape index (κ2) is 6.78. The van der Waals surface area contributed by atoms with Crippen LogP contribution in [0.2, 0.25) is 0 Å². The van der Waals surface area contributed by atoms with Gasteiger partial charge in [-0.05, 0) is 19.4 Å². The summed E-state index contributed by atoms with van der Waals surface area (Å²) < 4.78 is 2.02. The van der Waals surface area contributed by atoms with Gasteiger partial charge in [-0.2, -0.15) is 4.98 Å². The molecular formula is C18H21N5O. The normalized spacial score (nSPS) is 11.0. The number of aryl methyl sites for hydroxylation is 2. The van der Waals surface area contributed by atoms with E-state index in [4.69, 9.17) is 0 Å². The number of fused-ring (bicyclic) bond motifs is 1. The molecule has 0 fully saturated rings. The zero-order valence-electron chi connectivity index (χ0n) is 14.2. The molecular weight excluding hydrogens is 302 g/mol. The Kier molecular flexibility index (Phi) is 4.55. The van der Waals surface area contributed by atoms with Gasteiger partial charge in [0.2, 0.25) is 11.9 Å². The first kappa shape index (κ1) is 16.1. The molecule has 1 N–H and O–H groups in total. The molecule has 3 aromatic rings. The van der Waals surface area contributed by atoms with Crippen molar-refractivity contribution < 1.29 is 4.79 Å². The van der Waals surface area contributed by atoms with E-state index in [0.717, 1.165) is 47.4 Å². The fourth-order valence-corrected chi connectivity index (χ4v) is 2.64. The van der Waals surface area contributed by atoms with Crippen LogP contribution >= 0.6 is 0 Å². The highest BCUT2D eigenvalue weighted by molar-refractivity contribution is 5.92. The van der Waals surface area contributed by atoms with Crippen molar-refractivity contribution in [1.82, 2.24) is 19.5 Å². The molecule has 3 rings (SSSR count). The van der Waals surface area contributed by atoms with Crippen molar-refractivity contribution in [3.63, 3.8) is 0 Å². The Morgan fingerprint density at radius 2 is 2.12 bits per heavy atom. The van der Waals surface area contributed by atoms with Crippen LogP contribution in [0.5, 0.6) is 0 Å². The minimum absolute atomic E-state index is 0.191. The number of hydrogen-bond donors (Lipinski definition) is 1. The lowest BCUT2D eigenvalue weighted by Crippen LogP contribution is -2.11. The smallest absolute Gasteiger partial charge is 0.232 e. The van der Waals surface area contributed by atoms with Gasteiger partial charge in [0.1, 0.15) is 11.2 Å². The molecule has 1 aromatic carbocycles. The van der Waals surface area contributed by atoms with Crippen molar-refractivity contribution in [2.45, 2.75) is 40.2 Å². The fraction of sp³-hybridized carbons (Fsp3) is 0.333. The van der Waals surface area contributed by atoms with Crippen molar-refractivity contribution in [3.8, 4) is 11.3 Å². The van der Waals surface area contributed by atoms with Crippen LogP contribution in [0.15, 0.2) is 30.6 Å². The summed E-state index contributed by atoms with van der Waals surface area (Å²) in [6.07, 6.45) is 3.94. The summed E-state index contributed by atoms with van der Waals surface area (Å²) in [4.78, 5) is 25.0. The number of imidazole rings is 1. The van der Waals surface area contributed by atoms with E-state index in [0.29, 0.717) is 5.95 Å². The molecule has 124 valence electrons. The van der Waals surface area contributed by atoms with Gasteiger partial charge < -0.3 is 4.57 Å². The fourth-order valence-electron chi connectivity index (χ4n) is 2.64. The largest absolute Gasteiger partial charge is 0.315 e. The summed E-state index contributed by atoms with van der Waals surface area (Å²) in [6, 6.07) is 8.09. The number of carbonyl (C=O) groups is 1. The third kappa shape index (κ3) is 3.27. The van der Waals surface area contributed by atoms with Gasteiger partial charge in [-0.15, -0.1) is 0 Å². The molecule has 24 heavy (non-hydrogen) atoms. The van der Waals surface area contributed by atoms with E-state index < -0.39 is 0 Å². The van der Waals surface area contributed by atoms with Crippen LogP contribution in [-0.2, 0) is 11.3 Å². The van der Waals surface area contributed by atoms with Crippen LogP contribution in [-0.4, -0.2) is 25.4 Å². The molecule has 0 saturated heterocycles. The topological polar surface area (TPSA) is 72.7 Å². The van der Waals surface area contributed by atoms with Gasteiger partial charge in [-0.25, -0.2) is 9.97 Å². The predicted molar refractivity (Wildman–Crippen MR) is 94.7 cm³/mol. The highest BCUT2D eigenvalue weighted by Crippen LogP contribution is 2.27. The first-order valence-electron chi connectivity index (χ1n) is 8.16. The van der Waals surface area contributed by atoms with Gasteiger partial charge in [0.15, 0.2) is 5.65 Å². The number of anilines is 1. The van der Waals surface area contributed by atoms with Gasteiger partial charge in [-0.1, -0.05) is 37.1 Å². The second-order valence-electron chi connectivity index (χ2n) is 5.91. The maximum atomic E-state index is 11.4. The summed E-state index contributed by atoms with van der Waals surface area (Å²) >= 11 is 0. The van der Waals surface area contributed by atoms with Crippen LogP contribution in [0.25, 0.3) is 22.4 Å². The minimum atomic E-state index is -0.191. The summed E-state index contributed by atoms with van der Waals surface area (Å²) in [5.41, 5.74) is 4.35. The van der Waals surface area contributed by atoms with Crippen LogP contribution in [0.3, 0.4) is 0 Å². The molecule has 6 nitrogen and oxygen atoms in total. The number of carbonyl (C=O) groups excluding carboxylic acids is 1. The molecule has 0 aliphatic rings. The van der Waals surface area contributed by atoms with E-state index in [-0.39, 0.29) is 5.91 Å². The third-order valence-electron chi connectivity index (χ3n) is 3.80. The summed E-state index contributed by atoms with van der Waals surface area (Å²) in [5, 5.41) is 2.69. The van der Waals surface area contributed by atoms with Crippen molar-refractivity contribution in [2.75, 3.05) is 5.32 Å². The Bertz CT molecular complexity index is 884. The molecule has 0 aliphatic carbocycles. The van der Waals surface area contributed by atoms with E-state index >= 15 is 0 Å². The van der Waals surface area contributed by atoms with Gasteiger partial charge in [-0.3, -0.25) is 10.1 Å². The second-order valence-corrected chi connectivity index (χ2v) is 5.91. The van der Waals surface area contributed by atoms with E-state index in [1.54, 1.807) is 6.33 Å². The molecule has 0 radical (unpaired) electrons. The molecule has 0 saturated carbocycles. The molecule has 0 bridgehead atoms. The van der Waals surface area contributed by atoms with Crippen LogP contribution in [0.4, 0.5) is 5.95 Å². The van der Waals surface area contributed by atoms with Crippen molar-refractivity contribution in [3.05, 3.63) is 36.2 Å². The average molecular weight is 323 g/mol. The molecule has 2 aromatic heterocycles. The lowest BCUT2D eigenvalue weighted by molar-refractivity contribution is -0.114. The summed E-state index contributed by atoms with van der Waals surface area (Å²) in [6.45, 7) is 6.48. The Balaban J connectivity index is 2.18. The Morgan fingerprint density at radius 3 is 2.83 bits per heavy atom. The van der Waals surface area contributed by atoms with Crippen LogP contribution in [0, 0.1) is 6.92 Å². The van der Waals surface area contributed by atoms with E-state index in [1.165, 1.54) is 6.92 Å². The lowest BCUT2D eigenvalue weighted by Gasteiger charge is -2.08. The van der Waals surface area contributed by atoms with Crippen molar-refractivity contribution >= 4 is 23.0 Å². The number of rotatable bonds is 5. The van der Waals surface area contributed by atoms with E-state index in [2.05, 4.69) is 33.3 Å².